The Morgan fingerprint density at radius 2 is 2.08 bits per heavy atom. The standard InChI is InChI=1S/C20H22FN3S2/c1-3-22-18-17-15-9-4-12(2)10-16(15)26-19(17)24-20(23-18)25-11-13-5-7-14(21)8-6-13/h5-8,12H,3-4,9-11H2,1-2H3,(H,22,23,24)/t12-/m1/s1. The average molecular weight is 388 g/mol. The zero-order valence-corrected chi connectivity index (χ0v) is 16.6. The molecule has 6 heteroatoms. The van der Waals surface area contributed by atoms with Gasteiger partial charge in [0, 0.05) is 17.2 Å². The van der Waals surface area contributed by atoms with Crippen LogP contribution in [0.3, 0.4) is 0 Å². The molecular weight excluding hydrogens is 365 g/mol. The molecule has 1 atom stereocenters. The Balaban J connectivity index is 1.66. The van der Waals surface area contributed by atoms with Gasteiger partial charge in [0.25, 0.3) is 0 Å². The molecule has 0 aliphatic heterocycles. The molecule has 0 radical (unpaired) electrons. The second kappa shape index (κ2) is 7.53. The molecule has 0 bridgehead atoms. The summed E-state index contributed by atoms with van der Waals surface area (Å²) in [5.74, 6) is 2.24. The molecule has 1 aliphatic carbocycles. The number of hydrogen-bond acceptors (Lipinski definition) is 5. The first-order valence-corrected chi connectivity index (χ1v) is 10.9. The molecule has 0 fully saturated rings. The third-order valence-corrected chi connectivity index (χ3v) is 6.83. The van der Waals surface area contributed by atoms with Crippen molar-refractivity contribution in [3.8, 4) is 0 Å². The van der Waals surface area contributed by atoms with E-state index in [-0.39, 0.29) is 5.82 Å². The van der Waals surface area contributed by atoms with Crippen LogP contribution in [0.5, 0.6) is 0 Å². The molecule has 136 valence electrons. The molecule has 1 aliphatic rings. The van der Waals surface area contributed by atoms with Crippen LogP contribution in [0, 0.1) is 11.7 Å². The molecular formula is C20H22FN3S2. The molecule has 3 aromatic rings. The van der Waals surface area contributed by atoms with Gasteiger partial charge in [-0.1, -0.05) is 30.8 Å². The van der Waals surface area contributed by atoms with E-state index >= 15 is 0 Å². The van der Waals surface area contributed by atoms with Crippen LogP contribution in [0.4, 0.5) is 10.2 Å². The molecule has 0 unspecified atom stereocenters. The SMILES string of the molecule is CCNc1nc(SCc2ccc(F)cc2)nc2sc3c(c12)CC[C@@H](C)C3. The van der Waals surface area contributed by atoms with E-state index in [9.17, 15) is 4.39 Å². The van der Waals surface area contributed by atoms with Crippen LogP contribution in [0.2, 0.25) is 0 Å². The number of thioether (sulfide) groups is 1. The van der Waals surface area contributed by atoms with E-state index in [0.717, 1.165) is 52.4 Å². The predicted octanol–water partition coefficient (Wildman–Crippen LogP) is 5.68. The summed E-state index contributed by atoms with van der Waals surface area (Å²) in [4.78, 5) is 12.2. The summed E-state index contributed by atoms with van der Waals surface area (Å²) in [5, 5.41) is 5.45. The average Bonchev–Trinajstić information content (AvgIpc) is 2.99. The summed E-state index contributed by atoms with van der Waals surface area (Å²) in [5.41, 5.74) is 2.53. The zero-order valence-electron chi connectivity index (χ0n) is 15.0. The van der Waals surface area contributed by atoms with Gasteiger partial charge >= 0.3 is 0 Å². The van der Waals surface area contributed by atoms with Gasteiger partial charge in [0.1, 0.15) is 16.5 Å². The highest BCUT2D eigenvalue weighted by Gasteiger charge is 2.23. The van der Waals surface area contributed by atoms with Crippen molar-refractivity contribution in [2.24, 2.45) is 5.92 Å². The molecule has 1 aromatic carbocycles. The quantitative estimate of drug-likeness (QED) is 0.451. The number of rotatable bonds is 5. The fourth-order valence-electron chi connectivity index (χ4n) is 3.41. The molecule has 0 saturated heterocycles. The van der Waals surface area contributed by atoms with Gasteiger partial charge in [-0.2, -0.15) is 0 Å². The summed E-state index contributed by atoms with van der Waals surface area (Å²) >= 11 is 3.43. The van der Waals surface area contributed by atoms with Crippen LogP contribution in [-0.2, 0) is 18.6 Å². The summed E-state index contributed by atoms with van der Waals surface area (Å²) in [7, 11) is 0. The molecule has 4 rings (SSSR count). The summed E-state index contributed by atoms with van der Waals surface area (Å²) < 4.78 is 13.1. The second-order valence-electron chi connectivity index (χ2n) is 6.83. The van der Waals surface area contributed by atoms with Crippen molar-refractivity contribution in [3.05, 3.63) is 46.1 Å². The maximum atomic E-state index is 13.1. The highest BCUT2D eigenvalue weighted by molar-refractivity contribution is 7.98. The fourth-order valence-corrected chi connectivity index (χ4v) is 5.65. The van der Waals surface area contributed by atoms with Gasteiger partial charge in [-0.25, -0.2) is 14.4 Å². The maximum absolute atomic E-state index is 13.1. The van der Waals surface area contributed by atoms with E-state index in [2.05, 4.69) is 19.2 Å². The van der Waals surface area contributed by atoms with Crippen LogP contribution in [0.25, 0.3) is 10.2 Å². The fraction of sp³-hybridized carbons (Fsp3) is 0.400. The Labute approximate surface area is 161 Å². The van der Waals surface area contributed by atoms with Crippen molar-refractivity contribution in [3.63, 3.8) is 0 Å². The van der Waals surface area contributed by atoms with Crippen molar-refractivity contribution in [1.82, 2.24) is 9.97 Å². The van der Waals surface area contributed by atoms with Gasteiger partial charge < -0.3 is 5.32 Å². The van der Waals surface area contributed by atoms with Gasteiger partial charge in [0.05, 0.1) is 5.39 Å². The van der Waals surface area contributed by atoms with Crippen LogP contribution < -0.4 is 5.32 Å². The lowest BCUT2D eigenvalue weighted by atomic mass is 9.89. The maximum Gasteiger partial charge on any atom is 0.191 e. The van der Waals surface area contributed by atoms with Crippen molar-refractivity contribution in [2.45, 2.75) is 44.0 Å². The van der Waals surface area contributed by atoms with Crippen LogP contribution in [-0.4, -0.2) is 16.5 Å². The Morgan fingerprint density at radius 1 is 1.27 bits per heavy atom. The smallest absolute Gasteiger partial charge is 0.191 e. The Morgan fingerprint density at radius 3 is 2.85 bits per heavy atom. The number of aryl methyl sites for hydroxylation is 1. The summed E-state index contributed by atoms with van der Waals surface area (Å²) in [6.45, 7) is 5.27. The van der Waals surface area contributed by atoms with Crippen molar-refractivity contribution < 1.29 is 4.39 Å². The van der Waals surface area contributed by atoms with Gasteiger partial charge in [-0.15, -0.1) is 11.3 Å². The number of nitrogens with one attached hydrogen (secondary N) is 1. The van der Waals surface area contributed by atoms with Crippen molar-refractivity contribution in [1.29, 1.82) is 0 Å². The van der Waals surface area contributed by atoms with E-state index in [1.807, 2.05) is 23.5 Å². The van der Waals surface area contributed by atoms with Gasteiger partial charge in [0.15, 0.2) is 5.16 Å². The molecule has 2 heterocycles. The lowest BCUT2D eigenvalue weighted by molar-refractivity contribution is 0.509. The van der Waals surface area contributed by atoms with Crippen molar-refractivity contribution >= 4 is 39.1 Å². The van der Waals surface area contributed by atoms with E-state index in [1.54, 1.807) is 11.8 Å². The summed E-state index contributed by atoms with van der Waals surface area (Å²) in [6.07, 6.45) is 3.52. The molecule has 2 aromatic heterocycles. The topological polar surface area (TPSA) is 37.8 Å². The summed E-state index contributed by atoms with van der Waals surface area (Å²) in [6, 6.07) is 6.63. The van der Waals surface area contributed by atoms with E-state index in [1.165, 1.54) is 34.4 Å². The monoisotopic (exact) mass is 387 g/mol. The molecule has 0 saturated carbocycles. The number of benzene rings is 1. The number of halogens is 1. The third-order valence-electron chi connectivity index (χ3n) is 4.76. The third kappa shape index (κ3) is 3.58. The molecule has 26 heavy (non-hydrogen) atoms. The predicted molar refractivity (Wildman–Crippen MR) is 109 cm³/mol. The Hall–Kier alpha value is -1.66. The Bertz CT molecular complexity index is 921. The second-order valence-corrected chi connectivity index (χ2v) is 8.86. The number of hydrogen-bond donors (Lipinski definition) is 1. The molecule has 1 N–H and O–H groups in total. The minimum absolute atomic E-state index is 0.204. The molecule has 3 nitrogen and oxygen atoms in total. The lowest BCUT2D eigenvalue weighted by Crippen LogP contribution is -2.09. The number of nitrogens with zero attached hydrogens (tertiary/aromatic N) is 2. The normalized spacial score (nSPS) is 16.7. The lowest BCUT2D eigenvalue weighted by Gasteiger charge is -2.18. The number of thiophene rings is 1. The van der Waals surface area contributed by atoms with E-state index in [4.69, 9.17) is 9.97 Å². The molecule has 0 spiro atoms. The molecule has 0 amide bonds. The highest BCUT2D eigenvalue weighted by Crippen LogP contribution is 2.41. The Kier molecular flexibility index (Phi) is 5.14. The van der Waals surface area contributed by atoms with E-state index in [0.29, 0.717) is 0 Å². The van der Waals surface area contributed by atoms with Crippen LogP contribution >= 0.6 is 23.1 Å². The first-order chi connectivity index (χ1) is 12.6. The zero-order chi connectivity index (χ0) is 18.1. The minimum Gasteiger partial charge on any atom is -0.370 e. The first-order valence-electron chi connectivity index (χ1n) is 9.07. The highest BCUT2D eigenvalue weighted by atomic mass is 32.2. The largest absolute Gasteiger partial charge is 0.370 e. The van der Waals surface area contributed by atoms with Crippen LogP contribution in [0.1, 0.15) is 36.3 Å². The van der Waals surface area contributed by atoms with Crippen molar-refractivity contribution in [2.75, 3.05) is 11.9 Å². The first kappa shape index (κ1) is 17.7. The number of anilines is 1. The number of fused-ring (bicyclic) bond motifs is 3. The van der Waals surface area contributed by atoms with E-state index < -0.39 is 0 Å². The van der Waals surface area contributed by atoms with Crippen LogP contribution in [0.15, 0.2) is 29.4 Å². The van der Waals surface area contributed by atoms with Gasteiger partial charge in [-0.05, 0) is 55.4 Å². The van der Waals surface area contributed by atoms with Gasteiger partial charge in [0.2, 0.25) is 0 Å². The minimum atomic E-state index is -0.204. The van der Waals surface area contributed by atoms with Gasteiger partial charge in [-0.3, -0.25) is 0 Å². The number of aromatic nitrogens is 2.